The maximum absolute atomic E-state index is 12.3. The summed E-state index contributed by atoms with van der Waals surface area (Å²) >= 11 is 1.59. The summed E-state index contributed by atoms with van der Waals surface area (Å²) in [5, 5.41) is 2.99. The predicted octanol–water partition coefficient (Wildman–Crippen LogP) is 2.37. The Bertz CT molecular complexity index is 582. The Morgan fingerprint density at radius 2 is 2.10 bits per heavy atom. The topological polar surface area (TPSA) is 59.2 Å². The van der Waals surface area contributed by atoms with Gasteiger partial charge in [0.15, 0.2) is 0 Å². The van der Waals surface area contributed by atoms with E-state index in [0.717, 1.165) is 17.1 Å². The van der Waals surface area contributed by atoms with Crippen molar-refractivity contribution >= 4 is 17.2 Å². The smallest absolute Gasteiger partial charge is 0.239 e. The van der Waals surface area contributed by atoms with Crippen LogP contribution in [-0.2, 0) is 17.8 Å². The molecule has 0 radical (unpaired) electrons. The molecule has 5 heteroatoms. The zero-order valence-electron chi connectivity index (χ0n) is 12.5. The Kier molecular flexibility index (Phi) is 5.47. The van der Waals surface area contributed by atoms with Gasteiger partial charge in [-0.05, 0) is 25.3 Å². The number of carbonyl (C=O) groups excluding carboxylic acids is 1. The highest BCUT2D eigenvalue weighted by molar-refractivity contribution is 7.09. The minimum absolute atomic E-state index is 0.0309. The Labute approximate surface area is 129 Å². The molecule has 0 saturated carbocycles. The number of amides is 1. The van der Waals surface area contributed by atoms with Crippen LogP contribution in [0.4, 0.5) is 0 Å². The third-order valence-corrected chi connectivity index (χ3v) is 4.17. The van der Waals surface area contributed by atoms with Gasteiger partial charge in [0.05, 0.1) is 23.3 Å². The number of carbonyl (C=O) groups is 1. The average molecular weight is 303 g/mol. The highest BCUT2D eigenvalue weighted by atomic mass is 32.1. The minimum Gasteiger partial charge on any atom is -0.338 e. The van der Waals surface area contributed by atoms with Crippen molar-refractivity contribution in [1.29, 1.82) is 0 Å². The summed E-state index contributed by atoms with van der Waals surface area (Å²) in [5.74, 6) is -0.0309. The lowest BCUT2D eigenvalue weighted by Gasteiger charge is -2.20. The third kappa shape index (κ3) is 4.65. The van der Waals surface area contributed by atoms with E-state index in [0.29, 0.717) is 13.0 Å². The lowest BCUT2D eigenvalue weighted by Crippen LogP contribution is -2.41. The van der Waals surface area contributed by atoms with Crippen molar-refractivity contribution in [1.82, 2.24) is 9.88 Å². The molecule has 0 aliphatic carbocycles. The second-order valence-corrected chi connectivity index (χ2v) is 6.25. The van der Waals surface area contributed by atoms with Crippen LogP contribution in [0.2, 0.25) is 0 Å². The van der Waals surface area contributed by atoms with Gasteiger partial charge in [0.1, 0.15) is 0 Å². The monoisotopic (exact) mass is 303 g/mol. The summed E-state index contributed by atoms with van der Waals surface area (Å²) in [7, 11) is 1.78. The maximum Gasteiger partial charge on any atom is 0.239 e. The molecule has 0 spiro atoms. The first-order valence-electron chi connectivity index (χ1n) is 7.01. The van der Waals surface area contributed by atoms with Crippen molar-refractivity contribution in [2.75, 3.05) is 7.05 Å². The van der Waals surface area contributed by atoms with Gasteiger partial charge < -0.3 is 10.6 Å². The van der Waals surface area contributed by atoms with E-state index in [2.05, 4.69) is 17.1 Å². The molecule has 2 N–H and O–H groups in total. The summed E-state index contributed by atoms with van der Waals surface area (Å²) in [6, 6.07) is 9.63. The van der Waals surface area contributed by atoms with E-state index < -0.39 is 6.04 Å². The van der Waals surface area contributed by atoms with Gasteiger partial charge in [0.25, 0.3) is 0 Å². The number of hydrogen-bond donors (Lipinski definition) is 1. The lowest BCUT2D eigenvalue weighted by molar-refractivity contribution is -0.132. The third-order valence-electron chi connectivity index (χ3n) is 3.35. The van der Waals surface area contributed by atoms with E-state index in [1.54, 1.807) is 23.3 Å². The summed E-state index contributed by atoms with van der Waals surface area (Å²) in [6.07, 6.45) is 1.47. The number of likely N-dealkylation sites (N-methyl/N-ethyl adjacent to an activating group) is 1. The van der Waals surface area contributed by atoms with Crippen LogP contribution in [-0.4, -0.2) is 28.9 Å². The zero-order chi connectivity index (χ0) is 15.2. The van der Waals surface area contributed by atoms with Gasteiger partial charge in [0.2, 0.25) is 5.91 Å². The van der Waals surface area contributed by atoms with Crippen molar-refractivity contribution in [3.05, 3.63) is 52.0 Å². The van der Waals surface area contributed by atoms with Gasteiger partial charge in [0, 0.05) is 12.4 Å². The molecule has 1 heterocycles. The normalized spacial score (nSPS) is 12.1. The first-order chi connectivity index (χ1) is 10.1. The predicted molar refractivity (Wildman–Crippen MR) is 86.1 cm³/mol. The molecule has 0 saturated heterocycles. The fourth-order valence-corrected chi connectivity index (χ4v) is 2.78. The number of aromatic nitrogens is 1. The number of hydrogen-bond acceptors (Lipinski definition) is 4. The molecule has 1 aromatic carbocycles. The lowest BCUT2D eigenvalue weighted by atomic mass is 10.1. The van der Waals surface area contributed by atoms with Crippen LogP contribution in [0.15, 0.2) is 35.7 Å². The molecule has 112 valence electrons. The van der Waals surface area contributed by atoms with E-state index >= 15 is 0 Å². The molecule has 2 aromatic rings. The molecule has 4 nitrogen and oxygen atoms in total. The molecule has 21 heavy (non-hydrogen) atoms. The van der Waals surface area contributed by atoms with Crippen LogP contribution in [0.5, 0.6) is 0 Å². The quantitative estimate of drug-likeness (QED) is 0.891. The number of aryl methyl sites for hydroxylation is 2. The van der Waals surface area contributed by atoms with Crippen LogP contribution in [0.3, 0.4) is 0 Å². The molecule has 1 atom stereocenters. The highest BCUT2D eigenvalue weighted by Gasteiger charge is 2.18. The van der Waals surface area contributed by atoms with Gasteiger partial charge in [-0.2, -0.15) is 0 Å². The summed E-state index contributed by atoms with van der Waals surface area (Å²) in [4.78, 5) is 18.3. The Morgan fingerprint density at radius 1 is 1.38 bits per heavy atom. The number of nitrogens with two attached hydrogens (primary N) is 1. The zero-order valence-corrected chi connectivity index (χ0v) is 13.3. The molecular formula is C16H21N3OS. The number of nitrogens with zero attached hydrogens (tertiary/aromatic N) is 2. The van der Waals surface area contributed by atoms with Crippen LogP contribution in [0.25, 0.3) is 0 Å². The first-order valence-corrected chi connectivity index (χ1v) is 7.89. The van der Waals surface area contributed by atoms with E-state index in [1.807, 2.05) is 30.5 Å². The van der Waals surface area contributed by atoms with Crippen LogP contribution in [0.1, 0.15) is 22.7 Å². The van der Waals surface area contributed by atoms with Gasteiger partial charge in [-0.25, -0.2) is 4.98 Å². The standard InChI is InChI=1S/C16H21N3OS/c1-12-18-14(11-21-12)10-19(2)16(20)15(17)9-8-13-6-4-3-5-7-13/h3-7,11,15H,8-10,17H2,1-2H3/t15-/m0/s1. The largest absolute Gasteiger partial charge is 0.338 e. The molecule has 0 bridgehead atoms. The second kappa shape index (κ2) is 7.33. The minimum atomic E-state index is -0.463. The number of benzene rings is 1. The van der Waals surface area contributed by atoms with Crippen LogP contribution < -0.4 is 5.73 Å². The van der Waals surface area contributed by atoms with Crippen molar-refractivity contribution in [2.24, 2.45) is 5.73 Å². The Morgan fingerprint density at radius 3 is 2.71 bits per heavy atom. The van der Waals surface area contributed by atoms with Gasteiger partial charge in [-0.3, -0.25) is 4.79 Å². The van der Waals surface area contributed by atoms with E-state index in [9.17, 15) is 4.79 Å². The summed E-state index contributed by atoms with van der Waals surface area (Å²) in [5.41, 5.74) is 8.14. The number of thiazole rings is 1. The maximum atomic E-state index is 12.3. The molecule has 0 aliphatic heterocycles. The van der Waals surface area contributed by atoms with Crippen LogP contribution >= 0.6 is 11.3 Å². The van der Waals surface area contributed by atoms with Gasteiger partial charge >= 0.3 is 0 Å². The fourth-order valence-electron chi connectivity index (χ4n) is 2.18. The summed E-state index contributed by atoms with van der Waals surface area (Å²) < 4.78 is 0. The molecular weight excluding hydrogens is 282 g/mol. The van der Waals surface area contributed by atoms with Gasteiger partial charge in [-0.1, -0.05) is 30.3 Å². The fraction of sp³-hybridized carbons (Fsp3) is 0.375. The molecule has 2 rings (SSSR count). The Balaban J connectivity index is 1.83. The van der Waals surface area contributed by atoms with E-state index in [4.69, 9.17) is 5.73 Å². The van der Waals surface area contributed by atoms with Gasteiger partial charge in [-0.15, -0.1) is 11.3 Å². The van der Waals surface area contributed by atoms with Crippen LogP contribution in [0, 0.1) is 6.92 Å². The molecule has 0 fully saturated rings. The second-order valence-electron chi connectivity index (χ2n) is 5.18. The molecule has 1 amide bonds. The first kappa shape index (κ1) is 15.7. The van der Waals surface area contributed by atoms with Crippen molar-refractivity contribution in [3.8, 4) is 0 Å². The molecule has 0 unspecified atom stereocenters. The average Bonchev–Trinajstić information content (AvgIpc) is 2.90. The number of rotatable bonds is 6. The Hall–Kier alpha value is -1.72. The SMILES string of the molecule is Cc1nc(CN(C)C(=O)[C@@H](N)CCc2ccccc2)cs1. The summed E-state index contributed by atoms with van der Waals surface area (Å²) in [6.45, 7) is 2.48. The highest BCUT2D eigenvalue weighted by Crippen LogP contribution is 2.11. The van der Waals surface area contributed by atoms with Crippen molar-refractivity contribution in [2.45, 2.75) is 32.4 Å². The molecule has 1 aromatic heterocycles. The van der Waals surface area contributed by atoms with Crippen molar-refractivity contribution < 1.29 is 4.79 Å². The van der Waals surface area contributed by atoms with Crippen molar-refractivity contribution in [3.63, 3.8) is 0 Å². The molecule has 0 aliphatic rings. The van der Waals surface area contributed by atoms with E-state index in [-0.39, 0.29) is 5.91 Å². The van der Waals surface area contributed by atoms with E-state index in [1.165, 1.54) is 5.56 Å².